The first-order chi connectivity index (χ1) is 10.6. The van der Waals surface area contributed by atoms with E-state index in [1.807, 2.05) is 0 Å². The topological polar surface area (TPSA) is 80.9 Å². The molecule has 4 rings (SSSR count). The van der Waals surface area contributed by atoms with Gasteiger partial charge in [-0.2, -0.15) is 5.10 Å². The van der Waals surface area contributed by atoms with Gasteiger partial charge in [0.1, 0.15) is 5.75 Å². The second-order valence-electron chi connectivity index (χ2n) is 4.95. The normalized spacial score (nSPS) is 11.5. The summed E-state index contributed by atoms with van der Waals surface area (Å²) in [5, 5.41) is 14.8. The first kappa shape index (κ1) is 12.6. The summed E-state index contributed by atoms with van der Waals surface area (Å²) < 4.78 is 6.78. The lowest BCUT2D eigenvalue weighted by Crippen LogP contribution is -2.08. The number of carboxylic acids is 1. The molecule has 2 heterocycles. The van der Waals surface area contributed by atoms with Crippen LogP contribution in [0.2, 0.25) is 0 Å². The van der Waals surface area contributed by atoms with E-state index in [-0.39, 0.29) is 11.1 Å². The van der Waals surface area contributed by atoms with Gasteiger partial charge in [0.05, 0.1) is 23.5 Å². The summed E-state index contributed by atoms with van der Waals surface area (Å²) >= 11 is 0. The highest BCUT2D eigenvalue weighted by molar-refractivity contribution is 6.10. The van der Waals surface area contributed by atoms with Crippen molar-refractivity contribution in [1.82, 2.24) is 9.61 Å². The molecule has 0 atom stereocenters. The summed E-state index contributed by atoms with van der Waals surface area (Å²) in [5.74, 6) is -0.683. The smallest absolute Gasteiger partial charge is 0.357 e. The van der Waals surface area contributed by atoms with Crippen molar-refractivity contribution in [3.8, 4) is 5.75 Å². The summed E-state index contributed by atoms with van der Waals surface area (Å²) in [4.78, 5) is 24.2. The maximum absolute atomic E-state index is 12.8. The van der Waals surface area contributed by atoms with Gasteiger partial charge in [0, 0.05) is 10.8 Å². The molecule has 1 N–H and O–H groups in total. The molecule has 0 fully saturated rings. The van der Waals surface area contributed by atoms with Crippen molar-refractivity contribution in [2.75, 3.05) is 7.11 Å². The number of aromatic nitrogens is 2. The van der Waals surface area contributed by atoms with E-state index in [2.05, 4.69) is 5.10 Å². The summed E-state index contributed by atoms with van der Waals surface area (Å²) in [6.45, 7) is 0. The summed E-state index contributed by atoms with van der Waals surface area (Å²) in [6.07, 6.45) is 0. The molecule has 6 nitrogen and oxygen atoms in total. The number of benzene rings is 2. The fourth-order valence-electron chi connectivity index (χ4n) is 2.91. The average Bonchev–Trinajstić information content (AvgIpc) is 2.92. The standard InChI is InChI=1S/C16H10N2O4/c1-22-11-7-3-6-10-12(11)15(19)9-5-2-4-8-13(16(20)21)17-18(10)14(8)9/h2-7H,1H3,(H,20,21). The fraction of sp³-hybridized carbons (Fsp3) is 0.0625. The lowest BCUT2D eigenvalue weighted by atomic mass is 10.1. The molecule has 2 aromatic carbocycles. The van der Waals surface area contributed by atoms with Crippen molar-refractivity contribution in [2.24, 2.45) is 0 Å². The van der Waals surface area contributed by atoms with Crippen LogP contribution in [0.5, 0.6) is 5.75 Å². The minimum Gasteiger partial charge on any atom is -0.496 e. The Labute approximate surface area is 123 Å². The van der Waals surface area contributed by atoms with Crippen LogP contribution >= 0.6 is 0 Å². The Morgan fingerprint density at radius 3 is 2.64 bits per heavy atom. The number of nitrogens with zero attached hydrogens (tertiary/aromatic N) is 2. The molecule has 6 heteroatoms. The molecule has 0 aliphatic rings. The zero-order chi connectivity index (χ0) is 15.4. The number of carboxylic acid groups (broad SMARTS) is 1. The highest BCUT2D eigenvalue weighted by Gasteiger charge is 2.21. The van der Waals surface area contributed by atoms with Crippen LogP contribution in [-0.2, 0) is 0 Å². The highest BCUT2D eigenvalue weighted by atomic mass is 16.5. The Hall–Kier alpha value is -3.15. The minimum atomic E-state index is -1.13. The molecule has 0 saturated carbocycles. The van der Waals surface area contributed by atoms with Crippen LogP contribution in [0, 0.1) is 0 Å². The van der Waals surface area contributed by atoms with E-state index < -0.39 is 5.97 Å². The van der Waals surface area contributed by atoms with Crippen molar-refractivity contribution in [2.45, 2.75) is 0 Å². The van der Waals surface area contributed by atoms with Crippen molar-refractivity contribution >= 4 is 33.2 Å². The monoisotopic (exact) mass is 294 g/mol. The highest BCUT2D eigenvalue weighted by Crippen LogP contribution is 2.29. The predicted molar refractivity (Wildman–Crippen MR) is 81.2 cm³/mol. The van der Waals surface area contributed by atoms with Crippen LogP contribution < -0.4 is 10.2 Å². The number of hydrogen-bond acceptors (Lipinski definition) is 4. The molecule has 0 radical (unpaired) electrons. The Kier molecular flexibility index (Phi) is 2.39. The minimum absolute atomic E-state index is 0.0691. The maximum atomic E-state index is 12.8. The van der Waals surface area contributed by atoms with Gasteiger partial charge in [-0.1, -0.05) is 18.2 Å². The second kappa shape index (κ2) is 4.17. The van der Waals surface area contributed by atoms with Crippen LogP contribution in [0.4, 0.5) is 0 Å². The third kappa shape index (κ3) is 1.41. The lowest BCUT2D eigenvalue weighted by Gasteiger charge is -2.07. The molecule has 0 spiro atoms. The van der Waals surface area contributed by atoms with E-state index in [4.69, 9.17) is 4.74 Å². The second-order valence-corrected chi connectivity index (χ2v) is 4.95. The molecular weight excluding hydrogens is 284 g/mol. The van der Waals surface area contributed by atoms with Gasteiger partial charge in [-0.05, 0) is 18.2 Å². The summed E-state index contributed by atoms with van der Waals surface area (Å²) in [7, 11) is 1.49. The number of methoxy groups -OCH3 is 1. The van der Waals surface area contributed by atoms with Gasteiger partial charge in [-0.3, -0.25) is 4.79 Å². The predicted octanol–water partition coefficient (Wildman–Crippen LogP) is 2.15. The quantitative estimate of drug-likeness (QED) is 0.573. The molecule has 0 bridgehead atoms. The van der Waals surface area contributed by atoms with E-state index >= 15 is 0 Å². The third-order valence-electron chi connectivity index (χ3n) is 3.83. The zero-order valence-electron chi connectivity index (χ0n) is 11.5. The average molecular weight is 294 g/mol. The molecule has 0 aliphatic heterocycles. The van der Waals surface area contributed by atoms with E-state index in [0.29, 0.717) is 32.9 Å². The van der Waals surface area contributed by atoms with Gasteiger partial charge in [0.15, 0.2) is 5.69 Å². The van der Waals surface area contributed by atoms with Crippen LogP contribution in [-0.4, -0.2) is 27.8 Å². The number of carbonyl (C=O) groups is 1. The van der Waals surface area contributed by atoms with Gasteiger partial charge in [0.2, 0.25) is 5.43 Å². The van der Waals surface area contributed by atoms with Crippen molar-refractivity contribution < 1.29 is 14.6 Å². The number of hydrogen-bond donors (Lipinski definition) is 1. The summed E-state index contributed by atoms with van der Waals surface area (Å²) in [5.41, 5.74) is 0.786. The number of aromatic carboxylic acids is 1. The third-order valence-corrected chi connectivity index (χ3v) is 3.83. The maximum Gasteiger partial charge on any atom is 0.357 e. The molecule has 108 valence electrons. The Bertz CT molecular complexity index is 1110. The Balaban J connectivity index is 2.40. The molecule has 4 aromatic rings. The SMILES string of the molecule is COc1cccc2c1c(=O)c1cccc3c(C(=O)O)nn2c31. The van der Waals surface area contributed by atoms with Gasteiger partial charge >= 0.3 is 5.97 Å². The number of fused-ring (bicyclic) bond motifs is 2. The molecule has 22 heavy (non-hydrogen) atoms. The molecule has 0 amide bonds. The van der Waals surface area contributed by atoms with Crippen molar-refractivity contribution in [1.29, 1.82) is 0 Å². The zero-order valence-corrected chi connectivity index (χ0v) is 11.5. The van der Waals surface area contributed by atoms with Gasteiger partial charge in [0.25, 0.3) is 0 Å². The van der Waals surface area contributed by atoms with Gasteiger partial charge < -0.3 is 9.84 Å². The number of ether oxygens (including phenoxy) is 1. The first-order valence-electron chi connectivity index (χ1n) is 6.60. The lowest BCUT2D eigenvalue weighted by molar-refractivity contribution is 0.0692. The molecule has 0 saturated heterocycles. The number of para-hydroxylation sites is 1. The van der Waals surface area contributed by atoms with Crippen LogP contribution in [0.25, 0.3) is 27.2 Å². The van der Waals surface area contributed by atoms with E-state index in [0.717, 1.165) is 0 Å². The van der Waals surface area contributed by atoms with Crippen LogP contribution in [0.3, 0.4) is 0 Å². The molecular formula is C16H10N2O4. The molecule has 0 aliphatic carbocycles. The Morgan fingerprint density at radius 2 is 1.91 bits per heavy atom. The van der Waals surface area contributed by atoms with Crippen LogP contribution in [0.1, 0.15) is 10.5 Å². The number of pyridine rings is 1. The van der Waals surface area contributed by atoms with Gasteiger partial charge in [-0.25, -0.2) is 9.31 Å². The van der Waals surface area contributed by atoms with Crippen molar-refractivity contribution in [3.05, 3.63) is 52.3 Å². The Morgan fingerprint density at radius 1 is 1.18 bits per heavy atom. The summed E-state index contributed by atoms with van der Waals surface area (Å²) in [6, 6.07) is 10.2. The van der Waals surface area contributed by atoms with E-state index in [1.165, 1.54) is 11.6 Å². The molecule has 0 unspecified atom stereocenters. The van der Waals surface area contributed by atoms with Crippen LogP contribution in [0.15, 0.2) is 41.2 Å². The molecule has 2 aromatic heterocycles. The van der Waals surface area contributed by atoms with E-state index in [9.17, 15) is 14.7 Å². The largest absolute Gasteiger partial charge is 0.496 e. The van der Waals surface area contributed by atoms with E-state index in [1.54, 1.807) is 36.4 Å². The fourth-order valence-corrected chi connectivity index (χ4v) is 2.91. The van der Waals surface area contributed by atoms with Crippen molar-refractivity contribution in [3.63, 3.8) is 0 Å². The van der Waals surface area contributed by atoms with Gasteiger partial charge in [-0.15, -0.1) is 0 Å². The first-order valence-corrected chi connectivity index (χ1v) is 6.60. The number of rotatable bonds is 2.